The van der Waals surface area contributed by atoms with Crippen molar-refractivity contribution < 1.29 is 9.90 Å². The van der Waals surface area contributed by atoms with Crippen molar-refractivity contribution in [2.75, 3.05) is 11.9 Å². The molecule has 0 amide bonds. The fourth-order valence-corrected chi connectivity index (χ4v) is 2.38. The van der Waals surface area contributed by atoms with Gasteiger partial charge in [-0.2, -0.15) is 0 Å². The minimum atomic E-state index is -0.918. The van der Waals surface area contributed by atoms with E-state index in [1.165, 1.54) is 0 Å². The van der Waals surface area contributed by atoms with Gasteiger partial charge in [0.1, 0.15) is 0 Å². The van der Waals surface area contributed by atoms with Gasteiger partial charge in [-0.1, -0.05) is 29.8 Å². The molecule has 2 rings (SSSR count). The minimum Gasteiger partial charge on any atom is -0.478 e. The number of anilines is 1. The third-order valence-corrected chi connectivity index (χ3v) is 3.80. The monoisotopic (exact) mass is 289 g/mol. The summed E-state index contributed by atoms with van der Waals surface area (Å²) in [6, 6.07) is 14.6. The van der Waals surface area contributed by atoms with Crippen molar-refractivity contribution >= 4 is 23.3 Å². The summed E-state index contributed by atoms with van der Waals surface area (Å²) in [7, 11) is 1.96. The smallest absolute Gasteiger partial charge is 0.335 e. The Balaban J connectivity index is 2.24. The fraction of sp³-hybridized carbons (Fsp3) is 0.188. The summed E-state index contributed by atoms with van der Waals surface area (Å²) in [6.07, 6.45) is 0. The molecule has 0 aromatic heterocycles. The Kier molecular flexibility index (Phi) is 4.30. The molecule has 0 bridgehead atoms. The van der Waals surface area contributed by atoms with Crippen LogP contribution in [0.4, 0.5) is 5.69 Å². The molecule has 0 aliphatic heterocycles. The lowest BCUT2D eigenvalue weighted by Gasteiger charge is -2.28. The fourth-order valence-electron chi connectivity index (χ4n) is 2.09. The first-order valence-corrected chi connectivity index (χ1v) is 6.69. The molecule has 0 saturated heterocycles. The molecule has 20 heavy (non-hydrogen) atoms. The molecule has 2 aromatic carbocycles. The number of rotatable bonds is 4. The molecule has 0 aliphatic carbocycles. The third kappa shape index (κ3) is 2.94. The Bertz CT molecular complexity index is 610. The van der Waals surface area contributed by atoms with Crippen LogP contribution >= 0.6 is 11.6 Å². The first-order chi connectivity index (χ1) is 9.50. The lowest BCUT2D eigenvalue weighted by molar-refractivity contribution is 0.0697. The van der Waals surface area contributed by atoms with Gasteiger partial charge in [-0.15, -0.1) is 0 Å². The molecule has 1 unspecified atom stereocenters. The topological polar surface area (TPSA) is 40.5 Å². The Morgan fingerprint density at radius 2 is 1.75 bits per heavy atom. The van der Waals surface area contributed by atoms with Crippen LogP contribution in [0.2, 0.25) is 5.02 Å². The molecule has 3 nitrogen and oxygen atoms in total. The molecule has 0 radical (unpaired) electrons. The molecular weight excluding hydrogens is 274 g/mol. The predicted octanol–water partition coefficient (Wildman–Crippen LogP) is 4.24. The van der Waals surface area contributed by atoms with Crippen LogP contribution in [0.25, 0.3) is 0 Å². The van der Waals surface area contributed by atoms with E-state index >= 15 is 0 Å². The number of halogens is 1. The summed E-state index contributed by atoms with van der Waals surface area (Å²) in [4.78, 5) is 12.9. The first kappa shape index (κ1) is 14.4. The van der Waals surface area contributed by atoms with E-state index in [0.29, 0.717) is 0 Å². The molecule has 104 valence electrons. The first-order valence-electron chi connectivity index (χ1n) is 6.31. The molecule has 2 aromatic rings. The Hall–Kier alpha value is -2.00. The number of nitrogens with zero attached hydrogens (tertiary/aromatic N) is 1. The van der Waals surface area contributed by atoms with Gasteiger partial charge in [-0.25, -0.2) is 4.79 Å². The quantitative estimate of drug-likeness (QED) is 0.915. The number of carboxylic acid groups (broad SMARTS) is 1. The molecule has 0 fully saturated rings. The van der Waals surface area contributed by atoms with Gasteiger partial charge in [0, 0.05) is 17.8 Å². The van der Waals surface area contributed by atoms with Crippen LogP contribution in [0.1, 0.15) is 28.9 Å². The maximum absolute atomic E-state index is 10.9. The lowest BCUT2D eigenvalue weighted by Crippen LogP contribution is -2.21. The standard InChI is InChI=1S/C16H16ClNO2/c1-11(14-5-3-4-6-15(14)17)18(2)13-9-7-12(8-10-13)16(19)20/h3-11H,1-2H3,(H,19,20). The second kappa shape index (κ2) is 5.97. The number of carboxylic acids is 1. The Labute approximate surface area is 123 Å². The summed E-state index contributed by atoms with van der Waals surface area (Å²) in [6.45, 7) is 2.06. The van der Waals surface area contributed by atoms with Crippen LogP contribution in [0.3, 0.4) is 0 Å². The summed E-state index contributed by atoms with van der Waals surface area (Å²) < 4.78 is 0. The second-order valence-electron chi connectivity index (χ2n) is 4.66. The molecule has 0 aliphatic rings. The molecule has 1 N–H and O–H groups in total. The molecule has 1 atom stereocenters. The van der Waals surface area contributed by atoms with E-state index in [2.05, 4.69) is 11.8 Å². The van der Waals surface area contributed by atoms with Crippen LogP contribution in [0.5, 0.6) is 0 Å². The summed E-state index contributed by atoms with van der Waals surface area (Å²) in [5.41, 5.74) is 2.27. The van der Waals surface area contributed by atoms with Gasteiger partial charge in [-0.05, 0) is 42.8 Å². The normalized spacial score (nSPS) is 11.9. The number of hydrogen-bond donors (Lipinski definition) is 1. The van der Waals surface area contributed by atoms with Crippen molar-refractivity contribution in [1.82, 2.24) is 0 Å². The highest BCUT2D eigenvalue weighted by atomic mass is 35.5. The highest BCUT2D eigenvalue weighted by Crippen LogP contribution is 2.29. The van der Waals surface area contributed by atoms with Gasteiger partial charge in [-0.3, -0.25) is 0 Å². The maximum Gasteiger partial charge on any atom is 0.335 e. The van der Waals surface area contributed by atoms with Crippen LogP contribution in [0.15, 0.2) is 48.5 Å². The second-order valence-corrected chi connectivity index (χ2v) is 5.07. The largest absolute Gasteiger partial charge is 0.478 e. The summed E-state index contributed by atoms with van der Waals surface area (Å²) >= 11 is 6.21. The highest BCUT2D eigenvalue weighted by molar-refractivity contribution is 6.31. The predicted molar refractivity (Wildman–Crippen MR) is 81.7 cm³/mol. The van der Waals surface area contributed by atoms with Crippen molar-refractivity contribution in [2.24, 2.45) is 0 Å². The van der Waals surface area contributed by atoms with Gasteiger partial charge in [0.05, 0.1) is 11.6 Å². The van der Waals surface area contributed by atoms with E-state index < -0.39 is 5.97 Å². The van der Waals surface area contributed by atoms with Crippen molar-refractivity contribution in [3.05, 3.63) is 64.7 Å². The number of aromatic carboxylic acids is 1. The van der Waals surface area contributed by atoms with Crippen LogP contribution < -0.4 is 4.90 Å². The number of benzene rings is 2. The zero-order chi connectivity index (χ0) is 14.7. The van der Waals surface area contributed by atoms with Crippen molar-refractivity contribution in [2.45, 2.75) is 13.0 Å². The van der Waals surface area contributed by atoms with E-state index in [-0.39, 0.29) is 11.6 Å². The van der Waals surface area contributed by atoms with Gasteiger partial charge in [0.15, 0.2) is 0 Å². The van der Waals surface area contributed by atoms with Gasteiger partial charge < -0.3 is 10.0 Å². The van der Waals surface area contributed by atoms with Crippen molar-refractivity contribution in [3.63, 3.8) is 0 Å². The van der Waals surface area contributed by atoms with Crippen LogP contribution in [0, 0.1) is 0 Å². The minimum absolute atomic E-state index is 0.0966. The van der Waals surface area contributed by atoms with Crippen molar-refractivity contribution in [1.29, 1.82) is 0 Å². The Morgan fingerprint density at radius 1 is 1.15 bits per heavy atom. The SMILES string of the molecule is CC(c1ccccc1Cl)N(C)c1ccc(C(=O)O)cc1. The summed E-state index contributed by atoms with van der Waals surface area (Å²) in [5, 5.41) is 9.64. The zero-order valence-corrected chi connectivity index (χ0v) is 12.1. The van der Waals surface area contributed by atoms with E-state index in [1.54, 1.807) is 24.3 Å². The van der Waals surface area contributed by atoms with Crippen molar-refractivity contribution in [3.8, 4) is 0 Å². The third-order valence-electron chi connectivity index (χ3n) is 3.46. The lowest BCUT2D eigenvalue weighted by atomic mass is 10.1. The summed E-state index contributed by atoms with van der Waals surface area (Å²) in [5.74, 6) is -0.918. The van der Waals surface area contributed by atoms with E-state index in [1.807, 2.05) is 31.3 Å². The van der Waals surface area contributed by atoms with E-state index in [0.717, 1.165) is 16.3 Å². The van der Waals surface area contributed by atoms with Gasteiger partial charge in [0.25, 0.3) is 0 Å². The zero-order valence-electron chi connectivity index (χ0n) is 11.4. The average molecular weight is 290 g/mol. The molecule has 0 saturated carbocycles. The van der Waals surface area contributed by atoms with E-state index in [4.69, 9.17) is 16.7 Å². The van der Waals surface area contributed by atoms with E-state index in [9.17, 15) is 4.79 Å². The Morgan fingerprint density at radius 3 is 2.30 bits per heavy atom. The number of hydrogen-bond acceptors (Lipinski definition) is 2. The highest BCUT2D eigenvalue weighted by Gasteiger charge is 2.15. The molecule has 0 heterocycles. The average Bonchev–Trinajstić information content (AvgIpc) is 2.46. The molecular formula is C16H16ClNO2. The van der Waals surface area contributed by atoms with Gasteiger partial charge in [0.2, 0.25) is 0 Å². The number of carbonyl (C=O) groups is 1. The van der Waals surface area contributed by atoms with Gasteiger partial charge >= 0.3 is 5.97 Å². The maximum atomic E-state index is 10.9. The van der Waals surface area contributed by atoms with Crippen LogP contribution in [-0.4, -0.2) is 18.1 Å². The molecule has 4 heteroatoms. The molecule has 0 spiro atoms. The van der Waals surface area contributed by atoms with Crippen LogP contribution in [-0.2, 0) is 0 Å².